The van der Waals surface area contributed by atoms with Gasteiger partial charge in [-0.05, 0) is 63.7 Å². The fourth-order valence-corrected chi connectivity index (χ4v) is 8.04. The van der Waals surface area contributed by atoms with E-state index >= 15 is 0 Å². The Kier molecular flexibility index (Phi) is 7.56. The van der Waals surface area contributed by atoms with E-state index in [-0.39, 0.29) is 22.8 Å². The van der Waals surface area contributed by atoms with Crippen LogP contribution >= 0.6 is 0 Å². The monoisotopic (exact) mass is 470 g/mol. The standard InChI is InChI=1S/C30H46O4/c1-3-11-23(12-4-2)21-27(19-20-27)24(32)30(17-10-18-30)26(34)29(15-8-9-16-29)25(33)28(22-31)13-6-5-7-14-28/h22-23H,3-21H2,1-2H3. The van der Waals surface area contributed by atoms with Gasteiger partial charge in [0.15, 0.2) is 17.3 Å². The summed E-state index contributed by atoms with van der Waals surface area (Å²) in [5, 5.41) is 0. The van der Waals surface area contributed by atoms with Crippen LogP contribution in [-0.2, 0) is 19.2 Å². The Labute approximate surface area is 206 Å². The second kappa shape index (κ2) is 9.97. The van der Waals surface area contributed by atoms with Gasteiger partial charge in [0.1, 0.15) is 6.29 Å². The van der Waals surface area contributed by atoms with Crippen molar-refractivity contribution in [3.05, 3.63) is 0 Å². The average molecular weight is 471 g/mol. The van der Waals surface area contributed by atoms with Crippen LogP contribution in [0.15, 0.2) is 0 Å². The van der Waals surface area contributed by atoms with Gasteiger partial charge in [0.05, 0.1) is 16.2 Å². The molecule has 4 heteroatoms. The highest BCUT2D eigenvalue weighted by Gasteiger charge is 2.67. The molecule has 4 nitrogen and oxygen atoms in total. The Morgan fingerprint density at radius 1 is 0.647 bits per heavy atom. The molecule has 0 bridgehead atoms. The van der Waals surface area contributed by atoms with E-state index in [4.69, 9.17) is 0 Å². The number of carbonyl (C=O) groups is 4. The van der Waals surface area contributed by atoms with Gasteiger partial charge in [-0.25, -0.2) is 0 Å². The Morgan fingerprint density at radius 3 is 1.59 bits per heavy atom. The second-order valence-electron chi connectivity index (χ2n) is 12.5. The molecule has 34 heavy (non-hydrogen) atoms. The van der Waals surface area contributed by atoms with Crippen molar-refractivity contribution < 1.29 is 19.2 Å². The summed E-state index contributed by atoms with van der Waals surface area (Å²) in [5.41, 5.74) is -3.40. The zero-order chi connectivity index (χ0) is 24.5. The van der Waals surface area contributed by atoms with Gasteiger partial charge in [-0.3, -0.25) is 14.4 Å². The molecule has 4 aliphatic rings. The molecule has 0 saturated heterocycles. The van der Waals surface area contributed by atoms with Crippen LogP contribution in [0.2, 0.25) is 0 Å². The van der Waals surface area contributed by atoms with E-state index in [2.05, 4.69) is 13.8 Å². The molecule has 4 aliphatic carbocycles. The molecular formula is C30H46O4. The van der Waals surface area contributed by atoms with Crippen LogP contribution in [-0.4, -0.2) is 23.6 Å². The fraction of sp³-hybridized carbons (Fsp3) is 0.867. The summed E-state index contributed by atoms with van der Waals surface area (Å²) in [6, 6.07) is 0. The van der Waals surface area contributed by atoms with E-state index in [9.17, 15) is 19.2 Å². The van der Waals surface area contributed by atoms with Crippen molar-refractivity contribution in [3.8, 4) is 0 Å². The lowest BCUT2D eigenvalue weighted by molar-refractivity contribution is -0.163. The number of hydrogen-bond donors (Lipinski definition) is 0. The van der Waals surface area contributed by atoms with Gasteiger partial charge in [0.2, 0.25) is 0 Å². The third-order valence-corrected chi connectivity index (χ3v) is 10.2. The minimum Gasteiger partial charge on any atom is -0.302 e. The van der Waals surface area contributed by atoms with Crippen molar-refractivity contribution in [2.75, 3.05) is 0 Å². The lowest BCUT2D eigenvalue weighted by Gasteiger charge is -2.48. The summed E-state index contributed by atoms with van der Waals surface area (Å²) >= 11 is 0. The number of ketones is 3. The maximum Gasteiger partial charge on any atom is 0.159 e. The fourth-order valence-electron chi connectivity index (χ4n) is 8.04. The molecular weight excluding hydrogens is 424 g/mol. The topological polar surface area (TPSA) is 68.3 Å². The van der Waals surface area contributed by atoms with Gasteiger partial charge in [-0.2, -0.15) is 0 Å². The molecule has 0 aliphatic heterocycles. The number of aldehydes is 1. The molecule has 0 spiro atoms. The second-order valence-corrected chi connectivity index (χ2v) is 12.5. The highest BCUT2D eigenvalue weighted by Crippen LogP contribution is 2.62. The first kappa shape index (κ1) is 25.8. The van der Waals surface area contributed by atoms with Gasteiger partial charge in [-0.1, -0.05) is 78.1 Å². The molecule has 0 atom stereocenters. The van der Waals surface area contributed by atoms with Gasteiger partial charge in [-0.15, -0.1) is 0 Å². The van der Waals surface area contributed by atoms with Gasteiger partial charge < -0.3 is 4.79 Å². The van der Waals surface area contributed by atoms with Gasteiger partial charge in [0.25, 0.3) is 0 Å². The van der Waals surface area contributed by atoms with Crippen molar-refractivity contribution in [2.45, 2.75) is 136 Å². The third-order valence-electron chi connectivity index (χ3n) is 10.2. The largest absolute Gasteiger partial charge is 0.302 e. The average Bonchev–Trinajstić information content (AvgIpc) is 3.43. The highest BCUT2D eigenvalue weighted by molar-refractivity contribution is 6.22. The Bertz CT molecular complexity index is 783. The first-order valence-electron chi connectivity index (χ1n) is 14.5. The first-order chi connectivity index (χ1) is 16.3. The predicted molar refractivity (Wildman–Crippen MR) is 133 cm³/mol. The lowest BCUT2D eigenvalue weighted by atomic mass is 9.51. The summed E-state index contributed by atoms with van der Waals surface area (Å²) in [4.78, 5) is 55.3. The van der Waals surface area contributed by atoms with Crippen molar-refractivity contribution >= 4 is 23.6 Å². The smallest absolute Gasteiger partial charge is 0.159 e. The van der Waals surface area contributed by atoms with E-state index in [0.29, 0.717) is 44.4 Å². The van der Waals surface area contributed by atoms with Crippen LogP contribution in [0, 0.1) is 27.6 Å². The molecule has 0 aromatic carbocycles. The van der Waals surface area contributed by atoms with E-state index in [1.165, 1.54) is 0 Å². The Morgan fingerprint density at radius 2 is 1.15 bits per heavy atom. The van der Waals surface area contributed by atoms with Crippen LogP contribution in [0.5, 0.6) is 0 Å². The molecule has 4 fully saturated rings. The highest BCUT2D eigenvalue weighted by atomic mass is 16.2. The van der Waals surface area contributed by atoms with E-state index in [1.807, 2.05) is 0 Å². The van der Waals surface area contributed by atoms with Crippen LogP contribution in [0.1, 0.15) is 136 Å². The van der Waals surface area contributed by atoms with E-state index in [0.717, 1.165) is 89.8 Å². The van der Waals surface area contributed by atoms with E-state index in [1.54, 1.807) is 0 Å². The number of hydrogen-bond acceptors (Lipinski definition) is 4. The SMILES string of the molecule is CCCC(CCC)CC1(C(=O)C2(C(=O)C3(C(=O)C4(C=O)CCCCC4)CCCC3)CCC2)CC1. The summed E-state index contributed by atoms with van der Waals surface area (Å²) in [5.74, 6) is 0.544. The molecule has 4 saturated carbocycles. The Balaban J connectivity index is 1.63. The molecule has 0 aromatic heterocycles. The van der Waals surface area contributed by atoms with E-state index < -0.39 is 16.2 Å². The normalized spacial score (nSPS) is 26.0. The summed E-state index contributed by atoms with van der Waals surface area (Å²) in [6.45, 7) is 4.43. The van der Waals surface area contributed by atoms with Crippen molar-refractivity contribution in [1.29, 1.82) is 0 Å². The molecule has 0 N–H and O–H groups in total. The van der Waals surface area contributed by atoms with Crippen LogP contribution in [0.3, 0.4) is 0 Å². The van der Waals surface area contributed by atoms with Crippen molar-refractivity contribution in [3.63, 3.8) is 0 Å². The molecule has 0 radical (unpaired) electrons. The van der Waals surface area contributed by atoms with Gasteiger partial charge >= 0.3 is 0 Å². The molecule has 0 amide bonds. The zero-order valence-electron chi connectivity index (χ0n) is 21.7. The molecule has 4 rings (SSSR count). The van der Waals surface area contributed by atoms with Gasteiger partial charge in [0, 0.05) is 5.41 Å². The number of carbonyl (C=O) groups excluding carboxylic acids is 4. The first-order valence-corrected chi connectivity index (χ1v) is 14.5. The summed E-state index contributed by atoms with van der Waals surface area (Å²) < 4.78 is 0. The number of Topliss-reactive ketones (excluding diaryl/α,β-unsaturated/α-hetero) is 3. The number of rotatable bonds is 13. The molecule has 0 aromatic rings. The molecule has 190 valence electrons. The summed E-state index contributed by atoms with van der Waals surface area (Å²) in [6.07, 6.45) is 17.0. The zero-order valence-corrected chi connectivity index (χ0v) is 21.7. The summed E-state index contributed by atoms with van der Waals surface area (Å²) in [7, 11) is 0. The van der Waals surface area contributed by atoms with Crippen LogP contribution in [0.4, 0.5) is 0 Å². The Hall–Kier alpha value is -1.32. The van der Waals surface area contributed by atoms with Crippen molar-refractivity contribution in [1.82, 2.24) is 0 Å². The minimum absolute atomic E-state index is 0.0700. The quantitative estimate of drug-likeness (QED) is 0.215. The van der Waals surface area contributed by atoms with Crippen LogP contribution < -0.4 is 0 Å². The maximum absolute atomic E-state index is 14.5. The minimum atomic E-state index is -1.10. The third kappa shape index (κ3) is 4.15. The maximum atomic E-state index is 14.5. The molecule has 0 heterocycles. The van der Waals surface area contributed by atoms with Crippen LogP contribution in [0.25, 0.3) is 0 Å². The van der Waals surface area contributed by atoms with Crippen molar-refractivity contribution in [2.24, 2.45) is 27.6 Å². The molecule has 0 unspecified atom stereocenters. The predicted octanol–water partition coefficient (Wildman–Crippen LogP) is 6.96. The lowest BCUT2D eigenvalue weighted by Crippen LogP contribution is -2.59.